The zero-order valence-electron chi connectivity index (χ0n) is 10.1. The van der Waals surface area contributed by atoms with E-state index in [0.717, 1.165) is 38.3 Å². The van der Waals surface area contributed by atoms with Crippen LogP contribution in [0.1, 0.15) is 18.4 Å². The molecule has 1 fully saturated rings. The van der Waals surface area contributed by atoms with E-state index in [1.807, 2.05) is 0 Å². The van der Waals surface area contributed by atoms with Crippen LogP contribution in [0.2, 0.25) is 0 Å². The first-order chi connectivity index (χ1) is 8.66. The summed E-state index contributed by atoms with van der Waals surface area (Å²) in [5.41, 5.74) is 6.94. The van der Waals surface area contributed by atoms with Crippen molar-refractivity contribution < 1.29 is 9.13 Å². The van der Waals surface area contributed by atoms with Crippen LogP contribution in [-0.4, -0.2) is 24.7 Å². The predicted octanol–water partition coefficient (Wildman–Crippen LogP) is 2.30. The Labute approximate surface area is 112 Å². The summed E-state index contributed by atoms with van der Waals surface area (Å²) < 4.78 is 18.4. The lowest BCUT2D eigenvalue weighted by Crippen LogP contribution is -2.15. The lowest BCUT2D eigenvalue weighted by atomic mass is 10.1. The van der Waals surface area contributed by atoms with Gasteiger partial charge in [-0.2, -0.15) is 0 Å². The molecule has 1 atom stereocenters. The second kappa shape index (κ2) is 6.11. The van der Waals surface area contributed by atoms with Crippen LogP contribution in [0, 0.1) is 11.7 Å². The maximum Gasteiger partial charge on any atom is 0.124 e. The minimum absolute atomic E-state index is 0.209. The number of ether oxygens (including phenoxy) is 1. The largest absolute Gasteiger partial charge is 0.389 e. The Balaban J connectivity index is 1.93. The van der Waals surface area contributed by atoms with E-state index in [2.05, 4.69) is 5.32 Å². The molecule has 3 N–H and O–H groups in total. The molecule has 18 heavy (non-hydrogen) atoms. The minimum atomic E-state index is -0.326. The molecule has 5 heteroatoms. The van der Waals surface area contributed by atoms with Gasteiger partial charge in [0.15, 0.2) is 0 Å². The second-order valence-corrected chi connectivity index (χ2v) is 4.94. The minimum Gasteiger partial charge on any atom is -0.389 e. The van der Waals surface area contributed by atoms with Gasteiger partial charge in [0.05, 0.1) is 0 Å². The SMILES string of the molecule is NC(=S)c1cc(F)ccc1NCCC1CCOC1. The number of benzene rings is 1. The van der Waals surface area contributed by atoms with Crippen molar-refractivity contribution in [1.29, 1.82) is 0 Å². The van der Waals surface area contributed by atoms with Crippen molar-refractivity contribution in [1.82, 2.24) is 0 Å². The molecule has 1 aromatic carbocycles. The zero-order chi connectivity index (χ0) is 13.0. The van der Waals surface area contributed by atoms with Gasteiger partial charge in [0.2, 0.25) is 0 Å². The number of halogens is 1. The fourth-order valence-electron chi connectivity index (χ4n) is 2.10. The molecule has 1 saturated heterocycles. The number of nitrogens with two attached hydrogens (primary N) is 1. The van der Waals surface area contributed by atoms with Gasteiger partial charge in [-0.1, -0.05) is 12.2 Å². The average Bonchev–Trinajstić information content (AvgIpc) is 2.84. The summed E-state index contributed by atoms with van der Waals surface area (Å²) in [7, 11) is 0. The Morgan fingerprint density at radius 1 is 1.56 bits per heavy atom. The fourth-order valence-corrected chi connectivity index (χ4v) is 2.27. The lowest BCUT2D eigenvalue weighted by molar-refractivity contribution is 0.185. The normalized spacial score (nSPS) is 18.8. The Hall–Kier alpha value is -1.20. The number of nitrogens with one attached hydrogen (secondary N) is 1. The first-order valence-electron chi connectivity index (χ1n) is 6.08. The smallest absolute Gasteiger partial charge is 0.124 e. The maximum absolute atomic E-state index is 13.1. The quantitative estimate of drug-likeness (QED) is 0.804. The van der Waals surface area contributed by atoms with Crippen molar-refractivity contribution in [3.63, 3.8) is 0 Å². The van der Waals surface area contributed by atoms with E-state index in [4.69, 9.17) is 22.7 Å². The van der Waals surface area contributed by atoms with Crippen LogP contribution in [0.4, 0.5) is 10.1 Å². The molecule has 0 radical (unpaired) electrons. The van der Waals surface area contributed by atoms with Gasteiger partial charge in [-0.25, -0.2) is 4.39 Å². The lowest BCUT2D eigenvalue weighted by Gasteiger charge is -2.13. The van der Waals surface area contributed by atoms with E-state index < -0.39 is 0 Å². The summed E-state index contributed by atoms with van der Waals surface area (Å²) >= 11 is 4.92. The van der Waals surface area contributed by atoms with Crippen LogP contribution in [-0.2, 0) is 4.74 Å². The third-order valence-corrected chi connectivity index (χ3v) is 3.36. The van der Waals surface area contributed by atoms with E-state index in [-0.39, 0.29) is 10.8 Å². The Morgan fingerprint density at radius 2 is 2.39 bits per heavy atom. The predicted molar refractivity (Wildman–Crippen MR) is 74.3 cm³/mol. The van der Waals surface area contributed by atoms with Gasteiger partial charge in [-0.3, -0.25) is 0 Å². The van der Waals surface area contributed by atoms with Crippen LogP contribution >= 0.6 is 12.2 Å². The van der Waals surface area contributed by atoms with Gasteiger partial charge in [-0.05, 0) is 37.0 Å². The standard InChI is InChI=1S/C13H17FN2OS/c14-10-1-2-12(11(7-10)13(15)18)16-5-3-9-4-6-17-8-9/h1-2,7,9,16H,3-6,8H2,(H2,15,18). The van der Waals surface area contributed by atoms with E-state index >= 15 is 0 Å². The molecular weight excluding hydrogens is 251 g/mol. The highest BCUT2D eigenvalue weighted by Gasteiger charge is 2.15. The van der Waals surface area contributed by atoms with Gasteiger partial charge in [0.1, 0.15) is 10.8 Å². The van der Waals surface area contributed by atoms with Crippen molar-refractivity contribution in [3.05, 3.63) is 29.6 Å². The molecule has 0 bridgehead atoms. The van der Waals surface area contributed by atoms with E-state index in [1.165, 1.54) is 12.1 Å². The van der Waals surface area contributed by atoms with Crippen LogP contribution in [0.5, 0.6) is 0 Å². The van der Waals surface area contributed by atoms with Crippen LogP contribution in [0.25, 0.3) is 0 Å². The summed E-state index contributed by atoms with van der Waals surface area (Å²) in [5.74, 6) is 0.291. The monoisotopic (exact) mass is 268 g/mol. The number of thiocarbonyl (C=S) groups is 1. The molecule has 0 amide bonds. The second-order valence-electron chi connectivity index (χ2n) is 4.50. The van der Waals surface area contributed by atoms with Gasteiger partial charge >= 0.3 is 0 Å². The topological polar surface area (TPSA) is 47.3 Å². The summed E-state index contributed by atoms with van der Waals surface area (Å²) in [4.78, 5) is 0.209. The van der Waals surface area contributed by atoms with E-state index in [1.54, 1.807) is 6.07 Å². The number of rotatable bonds is 5. The van der Waals surface area contributed by atoms with Crippen LogP contribution in [0.3, 0.4) is 0 Å². The molecule has 3 nitrogen and oxygen atoms in total. The highest BCUT2D eigenvalue weighted by molar-refractivity contribution is 7.80. The van der Waals surface area contributed by atoms with Gasteiger partial charge in [0, 0.05) is 31.0 Å². The molecule has 98 valence electrons. The third-order valence-electron chi connectivity index (χ3n) is 3.14. The summed E-state index contributed by atoms with van der Waals surface area (Å²) in [5, 5.41) is 3.26. The summed E-state index contributed by atoms with van der Waals surface area (Å²) in [6.45, 7) is 2.52. The Bertz CT molecular complexity index is 433. The van der Waals surface area contributed by atoms with Crippen LogP contribution < -0.4 is 11.1 Å². The molecule has 1 heterocycles. The first kappa shape index (κ1) is 13.2. The summed E-state index contributed by atoms with van der Waals surface area (Å²) in [6, 6.07) is 4.45. The van der Waals surface area contributed by atoms with Crippen molar-refractivity contribution >= 4 is 22.9 Å². The molecule has 1 aliphatic heterocycles. The molecular formula is C13H17FN2OS. The van der Waals surface area contributed by atoms with Gasteiger partial charge in [-0.15, -0.1) is 0 Å². The molecule has 2 rings (SSSR count). The van der Waals surface area contributed by atoms with E-state index in [0.29, 0.717) is 11.5 Å². The van der Waals surface area contributed by atoms with E-state index in [9.17, 15) is 4.39 Å². The molecule has 0 saturated carbocycles. The maximum atomic E-state index is 13.1. The molecule has 1 aromatic rings. The molecule has 0 aliphatic carbocycles. The Morgan fingerprint density at radius 3 is 3.06 bits per heavy atom. The molecule has 1 unspecified atom stereocenters. The fraction of sp³-hybridized carbons (Fsp3) is 0.462. The van der Waals surface area contributed by atoms with Crippen LogP contribution in [0.15, 0.2) is 18.2 Å². The van der Waals surface area contributed by atoms with Gasteiger partial charge < -0.3 is 15.8 Å². The van der Waals surface area contributed by atoms with Gasteiger partial charge in [0.25, 0.3) is 0 Å². The number of hydrogen-bond donors (Lipinski definition) is 2. The molecule has 0 spiro atoms. The van der Waals surface area contributed by atoms with Crippen molar-refractivity contribution in [2.24, 2.45) is 11.7 Å². The zero-order valence-corrected chi connectivity index (χ0v) is 10.9. The van der Waals surface area contributed by atoms with Crippen molar-refractivity contribution in [2.75, 3.05) is 25.1 Å². The summed E-state index contributed by atoms with van der Waals surface area (Å²) in [6.07, 6.45) is 2.15. The highest BCUT2D eigenvalue weighted by Crippen LogP contribution is 2.19. The Kier molecular flexibility index (Phi) is 4.49. The third kappa shape index (κ3) is 3.40. The average molecular weight is 268 g/mol. The van der Waals surface area contributed by atoms with Crippen molar-refractivity contribution in [2.45, 2.75) is 12.8 Å². The first-order valence-corrected chi connectivity index (χ1v) is 6.48. The molecule has 1 aliphatic rings. The van der Waals surface area contributed by atoms with Crippen molar-refractivity contribution in [3.8, 4) is 0 Å². The molecule has 0 aromatic heterocycles. The highest BCUT2D eigenvalue weighted by atomic mass is 32.1. The number of hydrogen-bond acceptors (Lipinski definition) is 3. The number of anilines is 1.